The molecule has 0 saturated carbocycles. The average Bonchev–Trinajstić information content (AvgIpc) is 3.01. The molecule has 0 bridgehead atoms. The number of aliphatic carboxylic acids is 1. The van der Waals surface area contributed by atoms with Crippen molar-refractivity contribution < 1.29 is 41.0 Å². The van der Waals surface area contributed by atoms with Crippen LogP contribution < -0.4 is 0 Å². The Morgan fingerprint density at radius 3 is 2.55 bits per heavy atom. The molecule has 0 aromatic carbocycles. The van der Waals surface area contributed by atoms with Crippen molar-refractivity contribution in [3.63, 3.8) is 0 Å². The Morgan fingerprint density at radius 2 is 2.00 bits per heavy atom. The van der Waals surface area contributed by atoms with Gasteiger partial charge >= 0.3 is 12.1 Å². The van der Waals surface area contributed by atoms with E-state index in [2.05, 4.69) is 22.4 Å². The molecule has 2 aliphatic rings. The summed E-state index contributed by atoms with van der Waals surface area (Å²) in [5, 5.41) is 9.20. The number of thiophene rings is 1. The predicted molar refractivity (Wildman–Crippen MR) is 99.2 cm³/mol. The first kappa shape index (κ1) is 24.0. The summed E-state index contributed by atoms with van der Waals surface area (Å²) in [5.74, 6) is -2.76. The monoisotopic (exact) mass is 460 g/mol. The molecule has 29 heavy (non-hydrogen) atoms. The van der Waals surface area contributed by atoms with Crippen LogP contribution in [-0.2, 0) is 30.8 Å². The fourth-order valence-electron chi connectivity index (χ4n) is 3.02. The van der Waals surface area contributed by atoms with E-state index >= 15 is 0 Å². The molecule has 0 aliphatic carbocycles. The molecule has 2 aliphatic heterocycles. The number of alkyl halides is 3. The molecule has 1 spiro atoms. The number of hydrogen-bond donors (Lipinski definition) is 1. The molecule has 166 valence electrons. The van der Waals surface area contributed by atoms with E-state index in [0.717, 1.165) is 13.1 Å². The highest BCUT2D eigenvalue weighted by Gasteiger charge is 2.42. The van der Waals surface area contributed by atoms with Crippen LogP contribution in [0.2, 0.25) is 0 Å². The molecule has 3 rings (SSSR count). The standard InChI is InChI=1S/C14H22N2O4S2.C2HF3O2/c1-22(17,18)16-5-6-19-12-14(11-16)10-15(4-7-20-14)9-13-3-2-8-21-13;3-2(4,5)1(6)7/h2-3,8H,4-7,9-12H2,1H3;(H,6,7). The predicted octanol–water partition coefficient (Wildman–Crippen LogP) is 1.24. The lowest BCUT2D eigenvalue weighted by Gasteiger charge is -2.42. The summed E-state index contributed by atoms with van der Waals surface area (Å²) in [4.78, 5) is 12.5. The van der Waals surface area contributed by atoms with E-state index < -0.39 is 27.8 Å². The molecule has 8 nitrogen and oxygen atoms in total. The largest absolute Gasteiger partial charge is 0.490 e. The molecular weight excluding hydrogens is 437 g/mol. The van der Waals surface area contributed by atoms with Crippen LogP contribution in [0.3, 0.4) is 0 Å². The van der Waals surface area contributed by atoms with Gasteiger partial charge < -0.3 is 14.6 Å². The van der Waals surface area contributed by atoms with E-state index in [4.69, 9.17) is 19.4 Å². The lowest BCUT2D eigenvalue weighted by atomic mass is 10.0. The third-order valence-electron chi connectivity index (χ3n) is 4.31. The maximum Gasteiger partial charge on any atom is 0.490 e. The maximum atomic E-state index is 11.9. The van der Waals surface area contributed by atoms with Crippen LogP contribution in [0, 0.1) is 0 Å². The zero-order valence-corrected chi connectivity index (χ0v) is 17.4. The summed E-state index contributed by atoms with van der Waals surface area (Å²) in [6.07, 6.45) is -3.84. The van der Waals surface area contributed by atoms with Gasteiger partial charge in [0.1, 0.15) is 5.60 Å². The number of rotatable bonds is 3. The van der Waals surface area contributed by atoms with Crippen molar-refractivity contribution in [1.29, 1.82) is 0 Å². The van der Waals surface area contributed by atoms with Gasteiger partial charge in [0.25, 0.3) is 0 Å². The van der Waals surface area contributed by atoms with Gasteiger partial charge in [-0.25, -0.2) is 13.2 Å². The van der Waals surface area contributed by atoms with E-state index in [-0.39, 0.29) is 0 Å². The second-order valence-electron chi connectivity index (χ2n) is 6.77. The Bertz CT molecular complexity index is 772. The van der Waals surface area contributed by atoms with Crippen molar-refractivity contribution in [2.45, 2.75) is 18.3 Å². The lowest BCUT2D eigenvalue weighted by molar-refractivity contribution is -0.192. The Morgan fingerprint density at radius 1 is 1.31 bits per heavy atom. The quantitative estimate of drug-likeness (QED) is 0.725. The highest BCUT2D eigenvalue weighted by Crippen LogP contribution is 2.25. The third-order valence-corrected chi connectivity index (χ3v) is 6.42. The minimum atomic E-state index is -5.08. The summed E-state index contributed by atoms with van der Waals surface area (Å²) in [6.45, 7) is 4.66. The minimum absolute atomic E-state index is 0.368. The van der Waals surface area contributed by atoms with Gasteiger partial charge in [-0.2, -0.15) is 17.5 Å². The smallest absolute Gasteiger partial charge is 0.475 e. The summed E-state index contributed by atoms with van der Waals surface area (Å²) in [7, 11) is -3.24. The van der Waals surface area contributed by atoms with Gasteiger partial charge in [0, 0.05) is 37.6 Å². The van der Waals surface area contributed by atoms with Gasteiger partial charge in [-0.3, -0.25) is 4.90 Å². The summed E-state index contributed by atoms with van der Waals surface area (Å²) >= 11 is 1.74. The zero-order valence-electron chi connectivity index (χ0n) is 15.7. The molecule has 1 aromatic heterocycles. The van der Waals surface area contributed by atoms with E-state index in [0.29, 0.717) is 39.5 Å². The summed E-state index contributed by atoms with van der Waals surface area (Å²) < 4.78 is 68.7. The molecule has 2 fully saturated rings. The number of carboxylic acids is 1. The first-order valence-electron chi connectivity index (χ1n) is 8.63. The van der Waals surface area contributed by atoms with Gasteiger partial charge in [-0.05, 0) is 11.4 Å². The highest BCUT2D eigenvalue weighted by molar-refractivity contribution is 7.88. The molecule has 1 atom stereocenters. The number of hydrogen-bond acceptors (Lipinski definition) is 7. The average molecular weight is 460 g/mol. The number of halogens is 3. The Labute approximate surface area is 170 Å². The molecule has 3 heterocycles. The van der Waals surface area contributed by atoms with Gasteiger partial charge in [0.15, 0.2) is 0 Å². The summed E-state index contributed by atoms with van der Waals surface area (Å²) in [6, 6.07) is 4.18. The maximum absolute atomic E-state index is 11.9. The van der Waals surface area contributed by atoms with Crippen molar-refractivity contribution in [2.24, 2.45) is 0 Å². The van der Waals surface area contributed by atoms with Gasteiger partial charge in [0.2, 0.25) is 10.0 Å². The van der Waals surface area contributed by atoms with Gasteiger partial charge in [-0.15, -0.1) is 11.3 Å². The molecular formula is C16H23F3N2O6S2. The number of carbonyl (C=O) groups is 1. The van der Waals surface area contributed by atoms with Crippen LogP contribution in [0.15, 0.2) is 17.5 Å². The highest BCUT2D eigenvalue weighted by atomic mass is 32.2. The van der Waals surface area contributed by atoms with Crippen molar-refractivity contribution >= 4 is 27.3 Å². The van der Waals surface area contributed by atoms with Crippen LogP contribution in [0.5, 0.6) is 0 Å². The molecule has 1 aromatic rings. The van der Waals surface area contributed by atoms with Crippen LogP contribution >= 0.6 is 11.3 Å². The number of morpholine rings is 1. The Kier molecular flexibility index (Phi) is 8.04. The molecule has 1 N–H and O–H groups in total. The van der Waals surface area contributed by atoms with Crippen LogP contribution in [0.4, 0.5) is 13.2 Å². The number of sulfonamides is 1. The lowest BCUT2D eigenvalue weighted by Crippen LogP contribution is -2.58. The van der Waals surface area contributed by atoms with Crippen LogP contribution in [-0.4, -0.2) is 92.7 Å². The van der Waals surface area contributed by atoms with E-state index in [9.17, 15) is 21.6 Å². The first-order chi connectivity index (χ1) is 13.4. The third kappa shape index (κ3) is 7.50. The van der Waals surface area contributed by atoms with E-state index in [1.807, 2.05) is 0 Å². The van der Waals surface area contributed by atoms with E-state index in [1.165, 1.54) is 15.4 Å². The topological polar surface area (TPSA) is 96.4 Å². The zero-order chi connectivity index (χ0) is 21.7. The van der Waals surface area contributed by atoms with Gasteiger partial charge in [-0.1, -0.05) is 6.07 Å². The summed E-state index contributed by atoms with van der Waals surface area (Å²) in [5.41, 5.74) is -0.560. The second-order valence-corrected chi connectivity index (χ2v) is 9.79. The molecule has 1 unspecified atom stereocenters. The van der Waals surface area contributed by atoms with Crippen LogP contribution in [0.25, 0.3) is 0 Å². The fourth-order valence-corrected chi connectivity index (χ4v) is 4.64. The normalized spacial score (nSPS) is 24.6. The number of carboxylic acid groups (broad SMARTS) is 1. The molecule has 0 radical (unpaired) electrons. The van der Waals surface area contributed by atoms with Crippen molar-refractivity contribution in [1.82, 2.24) is 9.21 Å². The number of ether oxygens (including phenoxy) is 2. The molecule has 13 heteroatoms. The minimum Gasteiger partial charge on any atom is -0.475 e. The SMILES string of the molecule is CS(=O)(=O)N1CCOCC2(CN(Cc3cccs3)CCO2)C1.O=C(O)C(F)(F)F. The van der Waals surface area contributed by atoms with Crippen molar-refractivity contribution in [2.75, 3.05) is 52.3 Å². The Balaban J connectivity index is 0.000000370. The van der Waals surface area contributed by atoms with Crippen LogP contribution in [0.1, 0.15) is 4.88 Å². The Hall–Kier alpha value is -1.25. The second kappa shape index (κ2) is 9.71. The van der Waals surface area contributed by atoms with Crippen molar-refractivity contribution in [3.05, 3.63) is 22.4 Å². The first-order valence-corrected chi connectivity index (χ1v) is 11.4. The fraction of sp³-hybridized carbons (Fsp3) is 0.688. The molecule has 2 saturated heterocycles. The van der Waals surface area contributed by atoms with E-state index in [1.54, 1.807) is 11.3 Å². The van der Waals surface area contributed by atoms with Crippen molar-refractivity contribution in [3.8, 4) is 0 Å². The van der Waals surface area contributed by atoms with Gasteiger partial charge in [0.05, 0.1) is 26.1 Å². The number of nitrogens with zero attached hydrogens (tertiary/aromatic N) is 2. The molecule has 0 amide bonds.